The van der Waals surface area contributed by atoms with Crippen LogP contribution in [0.25, 0.3) is 0 Å². The van der Waals surface area contributed by atoms with Crippen molar-refractivity contribution in [3.05, 3.63) is 29.8 Å². The molecule has 0 heterocycles. The van der Waals surface area contributed by atoms with Gasteiger partial charge in [-0.25, -0.2) is 0 Å². The second-order valence-electron chi connectivity index (χ2n) is 6.72. The third kappa shape index (κ3) is 5.80. The number of aliphatic hydroxyl groups excluding tert-OH is 1. The molecule has 1 fully saturated rings. The van der Waals surface area contributed by atoms with Gasteiger partial charge in [0.05, 0.1) is 13.7 Å². The molecule has 0 atom stereocenters. The van der Waals surface area contributed by atoms with Crippen LogP contribution >= 0.6 is 0 Å². The topological polar surface area (TPSA) is 61.8 Å². The molecule has 1 amide bonds. The molecule has 0 spiro atoms. The highest BCUT2D eigenvalue weighted by Crippen LogP contribution is 2.26. The molecule has 2 rings (SSSR count). The zero-order valence-corrected chi connectivity index (χ0v) is 14.8. The van der Waals surface area contributed by atoms with Crippen molar-refractivity contribution >= 4 is 5.91 Å². The van der Waals surface area contributed by atoms with Gasteiger partial charge in [-0.05, 0) is 62.8 Å². The molecule has 1 aliphatic carbocycles. The molecule has 1 aromatic carbocycles. The van der Waals surface area contributed by atoms with E-state index in [1.165, 1.54) is 5.56 Å². The Labute approximate surface area is 145 Å². The van der Waals surface area contributed by atoms with Crippen LogP contribution < -0.4 is 10.1 Å². The highest BCUT2D eigenvalue weighted by Gasteiger charge is 2.24. The predicted octanol–water partition coefficient (Wildman–Crippen LogP) is 1.84. The van der Waals surface area contributed by atoms with Gasteiger partial charge < -0.3 is 15.2 Å². The van der Waals surface area contributed by atoms with Crippen molar-refractivity contribution in [1.29, 1.82) is 0 Å². The van der Waals surface area contributed by atoms with Gasteiger partial charge in [-0.3, -0.25) is 9.69 Å². The van der Waals surface area contributed by atoms with Crippen LogP contribution in [0.1, 0.15) is 31.2 Å². The fourth-order valence-corrected chi connectivity index (χ4v) is 3.32. The number of nitrogens with zero attached hydrogens (tertiary/aromatic N) is 1. The number of nitrogens with one attached hydrogen (secondary N) is 1. The number of carbonyl (C=O) groups excluding carboxylic acids is 1. The van der Waals surface area contributed by atoms with Gasteiger partial charge in [0.15, 0.2) is 0 Å². The molecule has 5 nitrogen and oxygen atoms in total. The van der Waals surface area contributed by atoms with Crippen molar-refractivity contribution in [3.8, 4) is 5.75 Å². The van der Waals surface area contributed by atoms with E-state index < -0.39 is 0 Å². The third-order valence-corrected chi connectivity index (χ3v) is 4.99. The standard InChI is InChI=1S/C19H30N2O3/c1-21(17-7-3-16(14-22)4-8-17)13-19(23)20-12-11-15-5-9-18(24-2)10-6-15/h5-6,9-10,16-17,22H,3-4,7-8,11-14H2,1-2H3,(H,20,23). The lowest BCUT2D eigenvalue weighted by atomic mass is 9.86. The van der Waals surface area contributed by atoms with Gasteiger partial charge in [-0.2, -0.15) is 0 Å². The normalized spacial score (nSPS) is 20.8. The molecule has 0 aliphatic heterocycles. The predicted molar refractivity (Wildman–Crippen MR) is 95.2 cm³/mol. The molecule has 0 aromatic heterocycles. The van der Waals surface area contributed by atoms with Gasteiger partial charge in [-0.15, -0.1) is 0 Å². The maximum atomic E-state index is 12.1. The number of aliphatic hydroxyl groups is 1. The SMILES string of the molecule is COc1ccc(CCNC(=O)CN(C)C2CCC(CO)CC2)cc1. The summed E-state index contributed by atoms with van der Waals surface area (Å²) in [6, 6.07) is 8.38. The van der Waals surface area contributed by atoms with Crippen LogP contribution in [-0.4, -0.2) is 55.8 Å². The number of ether oxygens (including phenoxy) is 1. The first kappa shape index (κ1) is 18.7. The smallest absolute Gasteiger partial charge is 0.234 e. The van der Waals surface area contributed by atoms with E-state index in [0.717, 1.165) is 37.9 Å². The summed E-state index contributed by atoms with van der Waals surface area (Å²) in [7, 11) is 3.68. The van der Waals surface area contributed by atoms with E-state index in [1.54, 1.807) is 7.11 Å². The Hall–Kier alpha value is -1.59. The Morgan fingerprint density at radius 3 is 2.50 bits per heavy atom. The second kappa shape index (κ2) is 9.64. The Kier molecular flexibility index (Phi) is 7.53. The zero-order valence-electron chi connectivity index (χ0n) is 14.8. The van der Waals surface area contributed by atoms with Crippen molar-refractivity contribution in [3.63, 3.8) is 0 Å². The number of benzene rings is 1. The average Bonchev–Trinajstić information content (AvgIpc) is 2.62. The second-order valence-corrected chi connectivity index (χ2v) is 6.72. The summed E-state index contributed by atoms with van der Waals surface area (Å²) in [5, 5.41) is 12.2. The molecule has 1 aliphatic rings. The number of hydrogen-bond donors (Lipinski definition) is 2. The molecule has 0 saturated heterocycles. The summed E-state index contributed by atoms with van der Waals surface area (Å²) < 4.78 is 5.14. The first-order chi connectivity index (χ1) is 11.6. The summed E-state index contributed by atoms with van der Waals surface area (Å²) in [6.45, 7) is 1.38. The van der Waals surface area contributed by atoms with Crippen LogP contribution in [0.2, 0.25) is 0 Å². The van der Waals surface area contributed by atoms with Gasteiger partial charge in [-0.1, -0.05) is 12.1 Å². The van der Waals surface area contributed by atoms with Gasteiger partial charge in [0.1, 0.15) is 5.75 Å². The molecular weight excluding hydrogens is 304 g/mol. The van der Waals surface area contributed by atoms with E-state index in [1.807, 2.05) is 31.3 Å². The van der Waals surface area contributed by atoms with E-state index in [-0.39, 0.29) is 5.91 Å². The Morgan fingerprint density at radius 1 is 1.25 bits per heavy atom. The molecule has 2 N–H and O–H groups in total. The van der Waals surface area contributed by atoms with Gasteiger partial charge in [0.25, 0.3) is 0 Å². The van der Waals surface area contributed by atoms with Crippen molar-refractivity contribution in [2.75, 3.05) is 33.9 Å². The first-order valence-corrected chi connectivity index (χ1v) is 8.83. The fraction of sp³-hybridized carbons (Fsp3) is 0.632. The van der Waals surface area contributed by atoms with Crippen LogP contribution in [0.15, 0.2) is 24.3 Å². The van der Waals surface area contributed by atoms with Gasteiger partial charge >= 0.3 is 0 Å². The minimum atomic E-state index is 0.0790. The minimum absolute atomic E-state index is 0.0790. The highest BCUT2D eigenvalue weighted by atomic mass is 16.5. The summed E-state index contributed by atoms with van der Waals surface area (Å²) in [5.74, 6) is 1.38. The Morgan fingerprint density at radius 2 is 1.92 bits per heavy atom. The number of likely N-dealkylation sites (N-methyl/N-ethyl adjacent to an activating group) is 1. The zero-order chi connectivity index (χ0) is 17.4. The number of rotatable bonds is 8. The van der Waals surface area contributed by atoms with Crippen molar-refractivity contribution in [2.45, 2.75) is 38.1 Å². The molecule has 0 bridgehead atoms. The van der Waals surface area contributed by atoms with Crippen LogP contribution in [0, 0.1) is 5.92 Å². The average molecular weight is 334 g/mol. The minimum Gasteiger partial charge on any atom is -0.497 e. The fourth-order valence-electron chi connectivity index (χ4n) is 3.32. The van der Waals surface area contributed by atoms with Crippen LogP contribution in [0.3, 0.4) is 0 Å². The lowest BCUT2D eigenvalue weighted by molar-refractivity contribution is -0.122. The van der Waals surface area contributed by atoms with E-state index in [4.69, 9.17) is 4.74 Å². The van der Waals surface area contributed by atoms with Gasteiger partial charge in [0.2, 0.25) is 5.91 Å². The number of methoxy groups -OCH3 is 1. The third-order valence-electron chi connectivity index (χ3n) is 4.99. The molecule has 0 radical (unpaired) electrons. The summed E-state index contributed by atoms with van der Waals surface area (Å²) in [4.78, 5) is 14.2. The monoisotopic (exact) mass is 334 g/mol. The summed E-state index contributed by atoms with van der Waals surface area (Å²) in [5.41, 5.74) is 1.19. The van der Waals surface area contributed by atoms with E-state index in [2.05, 4.69) is 10.2 Å². The summed E-state index contributed by atoms with van der Waals surface area (Å²) in [6.07, 6.45) is 5.08. The number of amides is 1. The van der Waals surface area contributed by atoms with Crippen molar-refractivity contribution in [1.82, 2.24) is 10.2 Å². The van der Waals surface area contributed by atoms with Gasteiger partial charge in [0, 0.05) is 19.2 Å². The molecule has 1 aromatic rings. The largest absolute Gasteiger partial charge is 0.497 e. The Bertz CT molecular complexity index is 496. The molecule has 134 valence electrons. The molecular formula is C19H30N2O3. The maximum absolute atomic E-state index is 12.1. The van der Waals surface area contributed by atoms with Crippen LogP contribution in [0.5, 0.6) is 5.75 Å². The highest BCUT2D eigenvalue weighted by molar-refractivity contribution is 5.78. The molecule has 5 heteroatoms. The quantitative estimate of drug-likeness (QED) is 0.761. The van der Waals surface area contributed by atoms with Crippen molar-refractivity contribution in [2.24, 2.45) is 5.92 Å². The van der Waals surface area contributed by atoms with Crippen LogP contribution in [0.4, 0.5) is 0 Å². The number of hydrogen-bond acceptors (Lipinski definition) is 4. The number of carbonyl (C=O) groups is 1. The lowest BCUT2D eigenvalue weighted by Crippen LogP contribution is -2.42. The van der Waals surface area contributed by atoms with E-state index >= 15 is 0 Å². The first-order valence-electron chi connectivity index (χ1n) is 8.83. The molecule has 0 unspecified atom stereocenters. The molecule has 24 heavy (non-hydrogen) atoms. The lowest BCUT2D eigenvalue weighted by Gasteiger charge is -2.33. The van der Waals surface area contributed by atoms with E-state index in [9.17, 15) is 9.90 Å². The Balaban J connectivity index is 1.65. The maximum Gasteiger partial charge on any atom is 0.234 e. The van der Waals surface area contributed by atoms with E-state index in [0.29, 0.717) is 31.7 Å². The molecule has 1 saturated carbocycles. The van der Waals surface area contributed by atoms with Crippen molar-refractivity contribution < 1.29 is 14.6 Å². The van der Waals surface area contributed by atoms with Crippen LogP contribution in [-0.2, 0) is 11.2 Å². The summed E-state index contributed by atoms with van der Waals surface area (Å²) >= 11 is 0.